The zero-order valence-corrected chi connectivity index (χ0v) is 8.63. The molecule has 12 heavy (non-hydrogen) atoms. The second-order valence-corrected chi connectivity index (χ2v) is 5.01. The van der Waals surface area contributed by atoms with Crippen molar-refractivity contribution in [2.75, 3.05) is 13.1 Å². The van der Waals surface area contributed by atoms with E-state index in [-0.39, 0.29) is 0 Å². The van der Waals surface area contributed by atoms with Crippen LogP contribution in [-0.4, -0.2) is 13.1 Å². The fraction of sp³-hybridized carbons (Fsp3) is 0.556. The van der Waals surface area contributed by atoms with Gasteiger partial charge in [-0.15, -0.1) is 11.3 Å². The van der Waals surface area contributed by atoms with Gasteiger partial charge < -0.3 is 5.32 Å². The van der Waals surface area contributed by atoms with Crippen molar-refractivity contribution in [1.82, 2.24) is 5.32 Å². The molecule has 0 bridgehead atoms. The van der Waals surface area contributed by atoms with Gasteiger partial charge in [-0.3, -0.25) is 0 Å². The summed E-state index contributed by atoms with van der Waals surface area (Å²) in [6, 6.07) is 2.12. The lowest BCUT2D eigenvalue weighted by Crippen LogP contribution is -2.18. The summed E-state index contributed by atoms with van der Waals surface area (Å²) in [7, 11) is 0. The third-order valence-corrected chi connectivity index (χ3v) is 3.82. The van der Waals surface area contributed by atoms with E-state index in [2.05, 4.69) is 18.3 Å². The van der Waals surface area contributed by atoms with Gasteiger partial charge in [0.1, 0.15) is 0 Å². The highest BCUT2D eigenvalue weighted by atomic mass is 35.5. The molecular formula is C9H12ClNS. The van der Waals surface area contributed by atoms with E-state index in [9.17, 15) is 0 Å². The standard InChI is InChI=1S/C9H12ClNS/c1-6-5-11-3-2-7-4-8(10)12-9(6)7/h4,6,11H,2-3,5H2,1H3/t6-/m0/s1. The van der Waals surface area contributed by atoms with Crippen LogP contribution in [0.1, 0.15) is 23.3 Å². The van der Waals surface area contributed by atoms with Gasteiger partial charge >= 0.3 is 0 Å². The fourth-order valence-corrected chi connectivity index (χ4v) is 3.02. The number of thiophene rings is 1. The van der Waals surface area contributed by atoms with Crippen LogP contribution in [-0.2, 0) is 6.42 Å². The largest absolute Gasteiger partial charge is 0.316 e. The first kappa shape index (κ1) is 8.54. The Morgan fingerprint density at radius 1 is 1.67 bits per heavy atom. The van der Waals surface area contributed by atoms with E-state index in [0.29, 0.717) is 5.92 Å². The molecule has 2 heterocycles. The molecule has 1 aromatic rings. The summed E-state index contributed by atoms with van der Waals surface area (Å²) < 4.78 is 0.939. The lowest BCUT2D eigenvalue weighted by atomic mass is 10.1. The number of fused-ring (bicyclic) bond motifs is 1. The fourth-order valence-electron chi connectivity index (χ4n) is 1.65. The topological polar surface area (TPSA) is 12.0 Å². The van der Waals surface area contributed by atoms with Crippen molar-refractivity contribution in [2.45, 2.75) is 19.3 Å². The number of nitrogens with one attached hydrogen (secondary N) is 1. The predicted molar refractivity (Wildman–Crippen MR) is 54.3 cm³/mol. The van der Waals surface area contributed by atoms with E-state index in [1.165, 1.54) is 10.4 Å². The first-order valence-electron chi connectivity index (χ1n) is 4.26. The van der Waals surface area contributed by atoms with E-state index in [4.69, 9.17) is 11.6 Å². The molecule has 0 spiro atoms. The van der Waals surface area contributed by atoms with Crippen LogP contribution >= 0.6 is 22.9 Å². The van der Waals surface area contributed by atoms with Gasteiger partial charge in [-0.2, -0.15) is 0 Å². The summed E-state index contributed by atoms with van der Waals surface area (Å²) >= 11 is 7.70. The zero-order valence-electron chi connectivity index (χ0n) is 7.06. The maximum Gasteiger partial charge on any atom is 0.0934 e. The molecule has 0 unspecified atom stereocenters. The lowest BCUT2D eigenvalue weighted by molar-refractivity contribution is 0.648. The van der Waals surface area contributed by atoms with Crippen molar-refractivity contribution < 1.29 is 0 Å². The molecule has 1 atom stereocenters. The minimum Gasteiger partial charge on any atom is -0.316 e. The van der Waals surface area contributed by atoms with Crippen molar-refractivity contribution in [3.8, 4) is 0 Å². The summed E-state index contributed by atoms with van der Waals surface area (Å²) in [5.74, 6) is 0.625. The van der Waals surface area contributed by atoms with Gasteiger partial charge in [0.05, 0.1) is 4.34 Å². The highest BCUT2D eigenvalue weighted by molar-refractivity contribution is 7.16. The van der Waals surface area contributed by atoms with E-state index in [0.717, 1.165) is 23.8 Å². The minimum absolute atomic E-state index is 0.625. The monoisotopic (exact) mass is 201 g/mol. The van der Waals surface area contributed by atoms with E-state index in [1.807, 2.05) is 0 Å². The number of halogens is 1. The molecule has 1 N–H and O–H groups in total. The normalized spacial score (nSPS) is 23.3. The van der Waals surface area contributed by atoms with Crippen LogP contribution < -0.4 is 5.32 Å². The molecule has 66 valence electrons. The highest BCUT2D eigenvalue weighted by Gasteiger charge is 2.16. The van der Waals surface area contributed by atoms with Crippen LogP contribution in [0.15, 0.2) is 6.07 Å². The van der Waals surface area contributed by atoms with E-state index in [1.54, 1.807) is 11.3 Å². The minimum atomic E-state index is 0.625. The first-order valence-corrected chi connectivity index (χ1v) is 5.45. The van der Waals surface area contributed by atoms with Crippen LogP contribution in [0, 0.1) is 0 Å². The van der Waals surface area contributed by atoms with E-state index < -0.39 is 0 Å². The van der Waals surface area contributed by atoms with Crippen LogP contribution in [0.5, 0.6) is 0 Å². The van der Waals surface area contributed by atoms with Crippen LogP contribution in [0.4, 0.5) is 0 Å². The molecule has 0 fully saturated rings. The van der Waals surface area contributed by atoms with Gasteiger partial charge in [-0.05, 0) is 24.6 Å². The van der Waals surface area contributed by atoms with Crippen LogP contribution in [0.2, 0.25) is 4.34 Å². The molecule has 0 saturated carbocycles. The molecule has 0 aromatic carbocycles. The quantitative estimate of drug-likeness (QED) is 0.681. The highest BCUT2D eigenvalue weighted by Crippen LogP contribution is 2.33. The molecular weight excluding hydrogens is 190 g/mol. The number of rotatable bonds is 0. The first-order chi connectivity index (χ1) is 5.77. The van der Waals surface area contributed by atoms with Crippen molar-refractivity contribution in [3.63, 3.8) is 0 Å². The van der Waals surface area contributed by atoms with Gasteiger partial charge in [0.25, 0.3) is 0 Å². The average molecular weight is 202 g/mol. The third kappa shape index (κ3) is 1.51. The summed E-state index contributed by atoms with van der Waals surface area (Å²) in [5.41, 5.74) is 1.45. The van der Waals surface area contributed by atoms with Crippen LogP contribution in [0.25, 0.3) is 0 Å². The molecule has 0 radical (unpaired) electrons. The van der Waals surface area contributed by atoms with Crippen molar-refractivity contribution in [3.05, 3.63) is 20.8 Å². The van der Waals surface area contributed by atoms with Crippen LogP contribution in [0.3, 0.4) is 0 Å². The van der Waals surface area contributed by atoms with Crippen molar-refractivity contribution >= 4 is 22.9 Å². The Hall–Kier alpha value is -0.0500. The van der Waals surface area contributed by atoms with Gasteiger partial charge in [0, 0.05) is 17.3 Å². The Balaban J connectivity index is 2.38. The summed E-state index contributed by atoms with van der Waals surface area (Å²) in [6.07, 6.45) is 1.13. The second kappa shape index (κ2) is 3.36. The molecule has 1 aliphatic rings. The Kier molecular flexibility index (Phi) is 2.40. The summed E-state index contributed by atoms with van der Waals surface area (Å²) in [5, 5.41) is 3.41. The maximum atomic E-state index is 5.97. The SMILES string of the molecule is C[C@H]1CNCCc2cc(Cl)sc21. The maximum absolute atomic E-state index is 5.97. The summed E-state index contributed by atoms with van der Waals surface area (Å²) in [4.78, 5) is 1.48. The molecule has 0 aliphatic carbocycles. The van der Waals surface area contributed by atoms with Crippen molar-refractivity contribution in [2.24, 2.45) is 0 Å². The number of hydrogen-bond acceptors (Lipinski definition) is 2. The lowest BCUT2D eigenvalue weighted by Gasteiger charge is -2.06. The Labute approximate surface area is 81.7 Å². The van der Waals surface area contributed by atoms with Gasteiger partial charge in [-0.25, -0.2) is 0 Å². The second-order valence-electron chi connectivity index (χ2n) is 3.30. The molecule has 2 rings (SSSR count). The van der Waals surface area contributed by atoms with Gasteiger partial charge in [-0.1, -0.05) is 18.5 Å². The Morgan fingerprint density at radius 3 is 3.33 bits per heavy atom. The van der Waals surface area contributed by atoms with Gasteiger partial charge in [0.15, 0.2) is 0 Å². The molecule has 1 aromatic heterocycles. The Morgan fingerprint density at radius 2 is 2.50 bits per heavy atom. The number of hydrogen-bond donors (Lipinski definition) is 1. The summed E-state index contributed by atoms with van der Waals surface area (Å²) in [6.45, 7) is 4.43. The zero-order chi connectivity index (χ0) is 8.55. The molecule has 1 aliphatic heterocycles. The molecule has 0 saturated heterocycles. The predicted octanol–water partition coefficient (Wildman–Crippen LogP) is 2.65. The molecule has 3 heteroatoms. The average Bonchev–Trinajstić information content (AvgIpc) is 2.33. The van der Waals surface area contributed by atoms with E-state index >= 15 is 0 Å². The molecule has 0 amide bonds. The van der Waals surface area contributed by atoms with Gasteiger partial charge in [0.2, 0.25) is 0 Å². The molecule has 1 nitrogen and oxygen atoms in total. The van der Waals surface area contributed by atoms with Crippen molar-refractivity contribution in [1.29, 1.82) is 0 Å². The third-order valence-electron chi connectivity index (χ3n) is 2.28. The Bertz CT molecular complexity index is 282. The smallest absolute Gasteiger partial charge is 0.0934 e.